The molecule has 0 bridgehead atoms. The summed E-state index contributed by atoms with van der Waals surface area (Å²) in [6.07, 6.45) is 3.38. The van der Waals surface area contributed by atoms with Gasteiger partial charge in [0.1, 0.15) is 6.04 Å². The van der Waals surface area contributed by atoms with Crippen molar-refractivity contribution in [3.63, 3.8) is 0 Å². The molecule has 3 rings (SSSR count). The fourth-order valence-electron chi connectivity index (χ4n) is 3.65. The van der Waals surface area contributed by atoms with E-state index in [-0.39, 0.29) is 41.5 Å². The van der Waals surface area contributed by atoms with Gasteiger partial charge in [0.25, 0.3) is 5.69 Å². The van der Waals surface area contributed by atoms with Gasteiger partial charge in [-0.2, -0.15) is 4.31 Å². The normalized spacial score (nSPS) is 21.8. The van der Waals surface area contributed by atoms with Gasteiger partial charge in [-0.3, -0.25) is 14.9 Å². The summed E-state index contributed by atoms with van der Waals surface area (Å²) in [5.41, 5.74) is 5.71. The molecule has 2 heterocycles. The zero-order valence-corrected chi connectivity index (χ0v) is 17.0. The van der Waals surface area contributed by atoms with Crippen LogP contribution in [0.5, 0.6) is 0 Å². The van der Waals surface area contributed by atoms with Gasteiger partial charge in [-0.25, -0.2) is 8.42 Å². The molecule has 2 aliphatic heterocycles. The lowest BCUT2D eigenvalue weighted by molar-refractivity contribution is -0.384. The van der Waals surface area contributed by atoms with Crippen molar-refractivity contribution < 1.29 is 18.1 Å². The molecule has 0 radical (unpaired) electrons. The maximum atomic E-state index is 13.1. The van der Waals surface area contributed by atoms with Crippen LogP contribution in [0, 0.1) is 10.1 Å². The first-order valence-corrected chi connectivity index (χ1v) is 10.6. The lowest BCUT2D eigenvalue weighted by Gasteiger charge is -2.38. The van der Waals surface area contributed by atoms with Gasteiger partial charge >= 0.3 is 0 Å². The molecule has 11 heteroatoms. The molecule has 1 atom stereocenters. The number of nitrogens with zero attached hydrogens (tertiary/aromatic N) is 3. The highest BCUT2D eigenvalue weighted by atomic mass is 35.5. The molecule has 0 saturated carbocycles. The zero-order chi connectivity index (χ0) is 19.6. The van der Waals surface area contributed by atoms with Crippen LogP contribution in [0.1, 0.15) is 32.1 Å². The topological polar surface area (TPSA) is 127 Å². The highest BCUT2D eigenvalue weighted by Gasteiger charge is 2.40. The van der Waals surface area contributed by atoms with Crippen LogP contribution in [0.25, 0.3) is 0 Å². The summed E-state index contributed by atoms with van der Waals surface area (Å²) in [5.74, 6) is -0.174. The number of sulfonamides is 1. The number of likely N-dealkylation sites (tertiary alicyclic amines) is 1. The molecule has 1 amide bonds. The number of benzene rings is 1. The van der Waals surface area contributed by atoms with E-state index in [0.717, 1.165) is 6.42 Å². The summed E-state index contributed by atoms with van der Waals surface area (Å²) in [4.78, 5) is 24.9. The third-order valence-corrected chi connectivity index (χ3v) is 7.17. The SMILES string of the molecule is Cl.NC1CCN(C(=O)C2CCCCN2S(=O)(=O)c2ccc([N+](=O)[O-])cc2)CC1. The van der Waals surface area contributed by atoms with E-state index < -0.39 is 21.0 Å². The van der Waals surface area contributed by atoms with E-state index in [9.17, 15) is 23.3 Å². The second kappa shape index (κ2) is 9.17. The van der Waals surface area contributed by atoms with E-state index in [1.807, 2.05) is 0 Å². The quantitative estimate of drug-likeness (QED) is 0.567. The van der Waals surface area contributed by atoms with Crippen LogP contribution in [-0.4, -0.2) is 60.2 Å². The Morgan fingerprint density at radius 1 is 1.07 bits per heavy atom. The number of rotatable bonds is 4. The number of halogens is 1. The summed E-state index contributed by atoms with van der Waals surface area (Å²) >= 11 is 0. The molecule has 2 saturated heterocycles. The number of hydrogen-bond donors (Lipinski definition) is 1. The first-order chi connectivity index (χ1) is 12.8. The maximum Gasteiger partial charge on any atom is 0.269 e. The summed E-state index contributed by atoms with van der Waals surface area (Å²) in [5, 5.41) is 10.8. The monoisotopic (exact) mass is 432 g/mol. The van der Waals surface area contributed by atoms with Crippen molar-refractivity contribution in [3.05, 3.63) is 34.4 Å². The Morgan fingerprint density at radius 2 is 1.68 bits per heavy atom. The average Bonchev–Trinajstić information content (AvgIpc) is 2.68. The van der Waals surface area contributed by atoms with E-state index in [4.69, 9.17) is 5.73 Å². The van der Waals surface area contributed by atoms with Gasteiger partial charge in [0.15, 0.2) is 0 Å². The molecular weight excluding hydrogens is 408 g/mol. The molecule has 2 N–H and O–H groups in total. The van der Waals surface area contributed by atoms with Crippen molar-refractivity contribution in [2.45, 2.75) is 49.1 Å². The van der Waals surface area contributed by atoms with Gasteiger partial charge < -0.3 is 10.6 Å². The number of nitro groups is 1. The van der Waals surface area contributed by atoms with E-state index in [2.05, 4.69) is 0 Å². The van der Waals surface area contributed by atoms with E-state index in [1.165, 1.54) is 28.6 Å². The third kappa shape index (κ3) is 4.62. The Balaban J connectivity index is 0.00000280. The fraction of sp³-hybridized carbons (Fsp3) is 0.588. The van der Waals surface area contributed by atoms with Crippen molar-refractivity contribution >= 4 is 34.0 Å². The second-order valence-corrected chi connectivity index (χ2v) is 8.93. The molecule has 0 aromatic heterocycles. The first-order valence-electron chi connectivity index (χ1n) is 9.11. The van der Waals surface area contributed by atoms with Gasteiger partial charge in [-0.1, -0.05) is 6.42 Å². The van der Waals surface area contributed by atoms with Crippen LogP contribution in [-0.2, 0) is 14.8 Å². The predicted octanol–water partition coefficient (Wildman–Crippen LogP) is 1.51. The number of nitrogens with two attached hydrogens (primary N) is 1. The summed E-state index contributed by atoms with van der Waals surface area (Å²) < 4.78 is 27.4. The minimum Gasteiger partial charge on any atom is -0.341 e. The third-order valence-electron chi connectivity index (χ3n) is 5.24. The highest BCUT2D eigenvalue weighted by Crippen LogP contribution is 2.28. The van der Waals surface area contributed by atoms with E-state index >= 15 is 0 Å². The molecule has 1 unspecified atom stereocenters. The minimum absolute atomic E-state index is 0. The molecule has 28 heavy (non-hydrogen) atoms. The molecule has 1 aromatic carbocycles. The van der Waals surface area contributed by atoms with Crippen LogP contribution in [0.3, 0.4) is 0 Å². The van der Waals surface area contributed by atoms with Crippen molar-refractivity contribution in [2.75, 3.05) is 19.6 Å². The van der Waals surface area contributed by atoms with Crippen molar-refractivity contribution in [3.8, 4) is 0 Å². The fourth-order valence-corrected chi connectivity index (χ4v) is 5.30. The number of amides is 1. The van der Waals surface area contributed by atoms with Gasteiger partial charge in [-0.15, -0.1) is 12.4 Å². The smallest absolute Gasteiger partial charge is 0.269 e. The van der Waals surface area contributed by atoms with Crippen LogP contribution in [0.2, 0.25) is 0 Å². The summed E-state index contributed by atoms with van der Waals surface area (Å²) in [6, 6.07) is 4.14. The molecule has 156 valence electrons. The van der Waals surface area contributed by atoms with Gasteiger partial charge in [0.2, 0.25) is 15.9 Å². The molecule has 0 aliphatic carbocycles. The Bertz CT molecular complexity index is 809. The molecule has 2 aliphatic rings. The lowest BCUT2D eigenvalue weighted by atomic mass is 10.0. The minimum atomic E-state index is -3.91. The Kier molecular flexibility index (Phi) is 7.38. The Labute approximate surface area is 170 Å². The van der Waals surface area contributed by atoms with Gasteiger partial charge in [0, 0.05) is 37.8 Å². The maximum absolute atomic E-state index is 13.1. The number of hydrogen-bond acceptors (Lipinski definition) is 6. The number of non-ortho nitro benzene ring substituents is 1. The van der Waals surface area contributed by atoms with Crippen LogP contribution in [0.15, 0.2) is 29.2 Å². The number of carbonyl (C=O) groups excluding carboxylic acids is 1. The van der Waals surface area contributed by atoms with Crippen LogP contribution >= 0.6 is 12.4 Å². The molecule has 2 fully saturated rings. The van der Waals surface area contributed by atoms with Gasteiger partial charge in [-0.05, 0) is 37.8 Å². The largest absolute Gasteiger partial charge is 0.341 e. The lowest BCUT2D eigenvalue weighted by Crippen LogP contribution is -2.55. The van der Waals surface area contributed by atoms with E-state index in [1.54, 1.807) is 4.90 Å². The zero-order valence-electron chi connectivity index (χ0n) is 15.4. The Morgan fingerprint density at radius 3 is 2.25 bits per heavy atom. The average molecular weight is 433 g/mol. The van der Waals surface area contributed by atoms with Crippen LogP contribution < -0.4 is 5.73 Å². The van der Waals surface area contributed by atoms with E-state index in [0.29, 0.717) is 38.8 Å². The molecule has 1 aromatic rings. The second-order valence-electron chi connectivity index (χ2n) is 7.04. The molecule has 0 spiro atoms. The van der Waals surface area contributed by atoms with Crippen LogP contribution in [0.4, 0.5) is 5.69 Å². The predicted molar refractivity (Wildman–Crippen MR) is 106 cm³/mol. The highest BCUT2D eigenvalue weighted by molar-refractivity contribution is 7.89. The van der Waals surface area contributed by atoms with Gasteiger partial charge in [0.05, 0.1) is 9.82 Å². The number of carbonyl (C=O) groups is 1. The molecule has 9 nitrogen and oxygen atoms in total. The Hall–Kier alpha value is -1.75. The number of piperidine rings is 2. The van der Waals surface area contributed by atoms with Crippen molar-refractivity contribution in [1.29, 1.82) is 0 Å². The standard InChI is InChI=1S/C17H24N4O5S.ClH/c18-13-8-11-19(12-9-13)17(22)16-3-1-2-10-20(16)27(25,26)15-6-4-14(5-7-15)21(23)24;/h4-7,13,16H,1-3,8-12,18H2;1H. The summed E-state index contributed by atoms with van der Waals surface area (Å²) in [7, 11) is -3.91. The van der Waals surface area contributed by atoms with Crippen molar-refractivity contribution in [2.24, 2.45) is 5.73 Å². The first kappa shape index (κ1) is 22.5. The summed E-state index contributed by atoms with van der Waals surface area (Å²) in [6.45, 7) is 1.35. The van der Waals surface area contributed by atoms with Crippen molar-refractivity contribution in [1.82, 2.24) is 9.21 Å². The molecular formula is C17H25ClN4O5S. The number of nitro benzene ring substituents is 1.